The van der Waals surface area contributed by atoms with Crippen LogP contribution in [0.3, 0.4) is 0 Å². The summed E-state index contributed by atoms with van der Waals surface area (Å²) in [4.78, 5) is 32.2. The largest absolute Gasteiger partial charge is 0.494 e. The molecule has 46 heavy (non-hydrogen) atoms. The number of piperidine rings is 1. The second kappa shape index (κ2) is 13.0. The number of carbonyl (C=O) groups is 1. The van der Waals surface area contributed by atoms with Crippen molar-refractivity contribution >= 4 is 46.2 Å². The number of ether oxygens (including phenoxy) is 2. The van der Waals surface area contributed by atoms with Gasteiger partial charge in [0.15, 0.2) is 5.82 Å². The number of aromatic nitrogens is 2. The normalized spacial score (nSPS) is 23.2. The third kappa shape index (κ3) is 5.97. The first-order valence-corrected chi connectivity index (χ1v) is 16.0. The number of morpholine rings is 1. The molecule has 2 bridgehead atoms. The highest BCUT2D eigenvalue weighted by molar-refractivity contribution is 6.30. The Hall–Kier alpha value is -3.97. The molecule has 4 aliphatic rings. The van der Waals surface area contributed by atoms with Crippen LogP contribution in [0.15, 0.2) is 55.4 Å². The van der Waals surface area contributed by atoms with E-state index in [-0.39, 0.29) is 10.9 Å². The van der Waals surface area contributed by atoms with E-state index in [1.54, 1.807) is 30.4 Å². The molecule has 5 heterocycles. The standard InChI is InChI=1S/C33H37ClFN7O4/c1-3-32(43)39-25-14-26(29(44-2)15-28(25)40-10-7-20(8-11-40)41-17-22-13-21(41)18-45-22)38-30-16-31(37-19-36-30)42-27(9-12-46-42)23-5-4-6-24(34)33(23)35/h3-6,14-16,19-22,27H,1,7-13,17-18H2,2H3,(H,39,43)(H,36,37,38)/t21-,22-,27+/m0/s1. The third-order valence-corrected chi connectivity index (χ3v) is 9.66. The van der Waals surface area contributed by atoms with Crippen LogP contribution in [-0.2, 0) is 14.4 Å². The molecular weight excluding hydrogens is 613 g/mol. The first kappa shape index (κ1) is 30.7. The topological polar surface area (TPSA) is 104 Å². The highest BCUT2D eigenvalue weighted by Crippen LogP contribution is 2.42. The van der Waals surface area contributed by atoms with Crippen molar-refractivity contribution in [3.63, 3.8) is 0 Å². The highest BCUT2D eigenvalue weighted by atomic mass is 35.5. The minimum Gasteiger partial charge on any atom is -0.494 e. The Balaban J connectivity index is 1.12. The van der Waals surface area contributed by atoms with E-state index in [1.165, 1.54) is 18.5 Å². The van der Waals surface area contributed by atoms with E-state index < -0.39 is 11.9 Å². The van der Waals surface area contributed by atoms with E-state index >= 15 is 0 Å². The number of likely N-dealkylation sites (tertiary alicyclic amines) is 1. The van der Waals surface area contributed by atoms with Crippen LogP contribution >= 0.6 is 11.6 Å². The van der Waals surface area contributed by atoms with Crippen LogP contribution in [0, 0.1) is 5.82 Å². The number of amides is 1. The summed E-state index contributed by atoms with van der Waals surface area (Å²) >= 11 is 6.07. The van der Waals surface area contributed by atoms with Crippen LogP contribution in [0.1, 0.15) is 37.3 Å². The lowest BCUT2D eigenvalue weighted by Gasteiger charge is -2.41. The zero-order valence-corrected chi connectivity index (χ0v) is 26.4. The Morgan fingerprint density at radius 2 is 2.00 bits per heavy atom. The lowest BCUT2D eigenvalue weighted by molar-refractivity contribution is -0.111. The van der Waals surface area contributed by atoms with Gasteiger partial charge in [0, 0.05) is 55.8 Å². The van der Waals surface area contributed by atoms with Gasteiger partial charge in [-0.2, -0.15) is 0 Å². The van der Waals surface area contributed by atoms with Crippen molar-refractivity contribution < 1.29 is 23.5 Å². The second-order valence-electron chi connectivity index (χ2n) is 12.0. The van der Waals surface area contributed by atoms with Gasteiger partial charge in [-0.3, -0.25) is 14.5 Å². The Labute approximate surface area is 272 Å². The van der Waals surface area contributed by atoms with Gasteiger partial charge in [0.2, 0.25) is 5.91 Å². The quantitative estimate of drug-likeness (QED) is 0.290. The van der Waals surface area contributed by atoms with Crippen LogP contribution in [0.4, 0.5) is 33.1 Å². The molecule has 2 N–H and O–H groups in total. The lowest BCUT2D eigenvalue weighted by Crippen LogP contribution is -2.49. The molecule has 0 unspecified atom stereocenters. The fourth-order valence-corrected chi connectivity index (χ4v) is 7.31. The first-order chi connectivity index (χ1) is 22.4. The van der Waals surface area contributed by atoms with Gasteiger partial charge in [-0.1, -0.05) is 30.3 Å². The predicted octanol–water partition coefficient (Wildman–Crippen LogP) is 5.47. The fraction of sp³-hybridized carbons (Fsp3) is 0.424. The molecule has 11 nitrogen and oxygen atoms in total. The number of anilines is 5. The molecule has 7 rings (SSSR count). The first-order valence-electron chi connectivity index (χ1n) is 15.6. The van der Waals surface area contributed by atoms with Crippen molar-refractivity contribution in [3.05, 3.63) is 71.8 Å². The number of nitrogens with one attached hydrogen (secondary N) is 2. The number of carbonyl (C=O) groups excluding carboxylic acids is 1. The van der Waals surface area contributed by atoms with Crippen molar-refractivity contribution in [3.8, 4) is 5.75 Å². The fourth-order valence-electron chi connectivity index (χ4n) is 7.13. The average Bonchev–Trinajstić information content (AvgIpc) is 3.85. The molecule has 4 saturated heterocycles. The molecule has 0 aliphatic carbocycles. The number of hydroxylamine groups is 1. The predicted molar refractivity (Wildman–Crippen MR) is 174 cm³/mol. The van der Waals surface area contributed by atoms with Crippen LogP contribution in [0.2, 0.25) is 5.02 Å². The molecule has 242 valence electrons. The summed E-state index contributed by atoms with van der Waals surface area (Å²) in [5.41, 5.74) is 2.54. The molecule has 0 spiro atoms. The number of nitrogens with zero attached hydrogens (tertiary/aromatic N) is 5. The summed E-state index contributed by atoms with van der Waals surface area (Å²) in [7, 11) is 1.61. The molecule has 3 atom stereocenters. The minimum atomic E-state index is -0.474. The van der Waals surface area contributed by atoms with Crippen LogP contribution in [0.25, 0.3) is 0 Å². The SMILES string of the molecule is C=CC(=O)Nc1cc(Nc2cc(N3OCC[C@@H]3c3cccc(Cl)c3F)ncn2)c(OC)cc1N1CCC(N2C[C@@H]3C[C@H]2CO3)CC1. The maximum atomic E-state index is 14.9. The highest BCUT2D eigenvalue weighted by Gasteiger charge is 2.43. The Bertz CT molecular complexity index is 1620. The van der Waals surface area contributed by atoms with Gasteiger partial charge in [-0.15, -0.1) is 0 Å². The zero-order valence-electron chi connectivity index (χ0n) is 25.6. The van der Waals surface area contributed by atoms with Crippen LogP contribution in [0.5, 0.6) is 5.75 Å². The van der Waals surface area contributed by atoms with Gasteiger partial charge >= 0.3 is 0 Å². The van der Waals surface area contributed by atoms with Gasteiger partial charge in [0.25, 0.3) is 0 Å². The molecule has 2 aromatic carbocycles. The smallest absolute Gasteiger partial charge is 0.247 e. The number of hydrogen-bond acceptors (Lipinski definition) is 10. The number of halogens is 2. The molecule has 0 saturated carbocycles. The van der Waals surface area contributed by atoms with E-state index in [0.29, 0.717) is 65.5 Å². The minimum absolute atomic E-state index is 0.0576. The lowest BCUT2D eigenvalue weighted by atomic mass is 10.0. The molecule has 1 amide bonds. The summed E-state index contributed by atoms with van der Waals surface area (Å²) in [6, 6.07) is 11.1. The maximum absolute atomic E-state index is 14.9. The maximum Gasteiger partial charge on any atom is 0.247 e. The molecule has 13 heteroatoms. The number of methoxy groups -OCH3 is 1. The van der Waals surface area contributed by atoms with Gasteiger partial charge < -0.3 is 25.0 Å². The van der Waals surface area contributed by atoms with Crippen molar-refractivity contribution in [2.24, 2.45) is 0 Å². The number of rotatable bonds is 9. The second-order valence-corrected chi connectivity index (χ2v) is 12.4. The number of benzene rings is 2. The summed E-state index contributed by atoms with van der Waals surface area (Å²) in [6.45, 7) is 7.61. The molecule has 3 aromatic rings. The Morgan fingerprint density at radius 3 is 2.74 bits per heavy atom. The third-order valence-electron chi connectivity index (χ3n) is 9.36. The van der Waals surface area contributed by atoms with E-state index in [4.69, 9.17) is 25.9 Å². The average molecular weight is 650 g/mol. The number of fused-ring (bicyclic) bond motifs is 2. The van der Waals surface area contributed by atoms with Gasteiger partial charge in [-0.05, 0) is 37.5 Å². The monoisotopic (exact) mass is 649 g/mol. The molecular formula is C33H37ClFN7O4. The van der Waals surface area contributed by atoms with Gasteiger partial charge in [0.05, 0.1) is 54.6 Å². The van der Waals surface area contributed by atoms with Gasteiger partial charge in [0.1, 0.15) is 23.7 Å². The van der Waals surface area contributed by atoms with Crippen molar-refractivity contribution in [2.45, 2.75) is 49.9 Å². The van der Waals surface area contributed by atoms with Crippen molar-refractivity contribution in [1.29, 1.82) is 0 Å². The zero-order chi connectivity index (χ0) is 31.8. The Kier molecular flexibility index (Phi) is 8.69. The summed E-state index contributed by atoms with van der Waals surface area (Å²) in [5.74, 6) is 0.713. The van der Waals surface area contributed by atoms with Crippen LogP contribution < -0.4 is 25.3 Å². The van der Waals surface area contributed by atoms with Gasteiger partial charge in [-0.25, -0.2) is 19.4 Å². The molecule has 4 aliphatic heterocycles. The van der Waals surface area contributed by atoms with Crippen molar-refractivity contribution in [2.75, 3.05) is 60.6 Å². The van der Waals surface area contributed by atoms with E-state index in [0.717, 1.165) is 51.2 Å². The summed E-state index contributed by atoms with van der Waals surface area (Å²) in [6.07, 6.45) is 6.82. The van der Waals surface area contributed by atoms with E-state index in [9.17, 15) is 9.18 Å². The number of hydrogen-bond donors (Lipinski definition) is 2. The van der Waals surface area contributed by atoms with Crippen molar-refractivity contribution in [1.82, 2.24) is 14.9 Å². The van der Waals surface area contributed by atoms with E-state index in [2.05, 4.69) is 37.0 Å². The Morgan fingerprint density at radius 1 is 1.15 bits per heavy atom. The molecule has 4 fully saturated rings. The molecule has 1 aromatic heterocycles. The summed E-state index contributed by atoms with van der Waals surface area (Å²) < 4.78 is 26.6. The van der Waals surface area contributed by atoms with Crippen LogP contribution in [-0.4, -0.2) is 78.9 Å². The van der Waals surface area contributed by atoms with E-state index in [1.807, 2.05) is 12.1 Å². The summed E-state index contributed by atoms with van der Waals surface area (Å²) in [5, 5.41) is 7.94. The molecule has 0 radical (unpaired) electrons.